The Hall–Kier alpha value is -3.33. The number of ether oxygens (including phenoxy) is 2. The standard InChI is InChI=1S/C47H76NO8P/c1-3-5-7-9-11-13-15-17-18-19-20-21-22-23-24-25-26-28-30-32-34-36-38-40-47(50)56-45(44-55-57(51,52)54-42-41-48)43-53-46(49)39-37-35-33-31-29-27-16-14-12-10-8-6-4-2/h5,7-8,10-11,13-14,16-18,20-21,23-24,26,28,32,34,45H,3-4,6,9,12,15,19,22,25,27,29-31,33,35-44,48H2,1-2H3,(H,51,52)/b7-5-,10-8-,13-11-,16-14-,18-17-,21-20-,24-23-,28-26-,34-32-. The van der Waals surface area contributed by atoms with E-state index in [1.807, 2.05) is 6.08 Å². The number of phosphoric acid groups is 1. The minimum absolute atomic E-state index is 0.0355. The minimum Gasteiger partial charge on any atom is -0.462 e. The van der Waals surface area contributed by atoms with Crippen LogP contribution >= 0.6 is 7.82 Å². The number of nitrogens with two attached hydrogens (primary N) is 1. The fourth-order valence-electron chi connectivity index (χ4n) is 5.01. The average Bonchev–Trinajstić information content (AvgIpc) is 3.20. The molecule has 0 rings (SSSR count). The van der Waals surface area contributed by atoms with Gasteiger partial charge < -0.3 is 20.1 Å². The van der Waals surface area contributed by atoms with Crippen LogP contribution in [0.25, 0.3) is 0 Å². The van der Waals surface area contributed by atoms with E-state index in [1.54, 1.807) is 0 Å². The first kappa shape index (κ1) is 53.7. The highest BCUT2D eigenvalue weighted by molar-refractivity contribution is 7.47. The lowest BCUT2D eigenvalue weighted by Crippen LogP contribution is -2.29. The number of phosphoric ester groups is 1. The molecule has 322 valence electrons. The van der Waals surface area contributed by atoms with Crippen LogP contribution in [0.1, 0.15) is 142 Å². The summed E-state index contributed by atoms with van der Waals surface area (Å²) >= 11 is 0. The second-order valence-corrected chi connectivity index (χ2v) is 14.9. The second-order valence-electron chi connectivity index (χ2n) is 13.5. The van der Waals surface area contributed by atoms with E-state index in [9.17, 15) is 19.0 Å². The molecule has 0 aliphatic carbocycles. The van der Waals surface area contributed by atoms with Crippen molar-refractivity contribution in [3.8, 4) is 0 Å². The molecule has 0 aromatic heterocycles. The Morgan fingerprint density at radius 1 is 0.544 bits per heavy atom. The Bertz CT molecular complexity index is 1290. The Morgan fingerprint density at radius 3 is 1.49 bits per heavy atom. The van der Waals surface area contributed by atoms with Crippen LogP contribution in [0.2, 0.25) is 0 Å². The topological polar surface area (TPSA) is 134 Å². The molecule has 10 heteroatoms. The third-order valence-corrected chi connectivity index (χ3v) is 9.11. The first-order chi connectivity index (χ1) is 27.8. The summed E-state index contributed by atoms with van der Waals surface area (Å²) < 4.78 is 32.7. The van der Waals surface area contributed by atoms with Gasteiger partial charge in [-0.05, 0) is 89.9 Å². The molecule has 3 N–H and O–H groups in total. The zero-order valence-electron chi connectivity index (χ0n) is 35.3. The predicted octanol–water partition coefficient (Wildman–Crippen LogP) is 12.4. The van der Waals surface area contributed by atoms with Gasteiger partial charge in [-0.25, -0.2) is 4.57 Å². The van der Waals surface area contributed by atoms with Gasteiger partial charge in [0.1, 0.15) is 6.61 Å². The molecule has 0 aromatic rings. The molecule has 0 spiro atoms. The molecule has 0 saturated carbocycles. The van der Waals surface area contributed by atoms with Gasteiger partial charge in [-0.2, -0.15) is 0 Å². The lowest BCUT2D eigenvalue weighted by atomic mass is 10.1. The maximum atomic E-state index is 12.6. The number of carbonyl (C=O) groups excluding carboxylic acids is 2. The quantitative estimate of drug-likeness (QED) is 0.0270. The molecule has 9 nitrogen and oxygen atoms in total. The van der Waals surface area contributed by atoms with E-state index in [0.29, 0.717) is 19.3 Å². The van der Waals surface area contributed by atoms with E-state index in [1.165, 1.54) is 6.42 Å². The van der Waals surface area contributed by atoms with Crippen LogP contribution in [-0.4, -0.2) is 49.3 Å². The van der Waals surface area contributed by atoms with Gasteiger partial charge in [-0.3, -0.25) is 18.6 Å². The van der Waals surface area contributed by atoms with Gasteiger partial charge >= 0.3 is 19.8 Å². The minimum atomic E-state index is -4.40. The first-order valence-corrected chi connectivity index (χ1v) is 22.9. The highest BCUT2D eigenvalue weighted by atomic mass is 31.2. The number of esters is 2. The number of carbonyl (C=O) groups is 2. The van der Waals surface area contributed by atoms with Gasteiger partial charge in [0.25, 0.3) is 0 Å². The molecule has 0 saturated heterocycles. The zero-order valence-corrected chi connectivity index (χ0v) is 36.2. The van der Waals surface area contributed by atoms with Crippen molar-refractivity contribution in [3.05, 3.63) is 109 Å². The smallest absolute Gasteiger partial charge is 0.462 e. The molecular formula is C47H76NO8P. The van der Waals surface area contributed by atoms with Gasteiger partial charge in [-0.1, -0.05) is 149 Å². The Kier molecular flexibility index (Phi) is 39.8. The summed E-state index contributed by atoms with van der Waals surface area (Å²) in [6.45, 7) is 3.43. The van der Waals surface area contributed by atoms with Crippen molar-refractivity contribution in [1.82, 2.24) is 0 Å². The van der Waals surface area contributed by atoms with E-state index < -0.39 is 32.5 Å². The summed E-state index contributed by atoms with van der Waals surface area (Å²) in [5.74, 6) is -0.929. The van der Waals surface area contributed by atoms with Gasteiger partial charge in [-0.15, -0.1) is 0 Å². The lowest BCUT2D eigenvalue weighted by molar-refractivity contribution is -0.161. The normalized spacial score (nSPS) is 14.4. The summed E-state index contributed by atoms with van der Waals surface area (Å²) in [5, 5.41) is 0. The molecule has 0 bridgehead atoms. The monoisotopic (exact) mass is 814 g/mol. The average molecular weight is 814 g/mol. The number of unbranched alkanes of at least 4 members (excludes halogenated alkanes) is 7. The molecule has 0 amide bonds. The molecule has 0 fully saturated rings. The fraction of sp³-hybridized carbons (Fsp3) is 0.574. The van der Waals surface area contributed by atoms with Gasteiger partial charge in [0, 0.05) is 19.4 Å². The highest BCUT2D eigenvalue weighted by Crippen LogP contribution is 2.43. The lowest BCUT2D eigenvalue weighted by Gasteiger charge is -2.19. The van der Waals surface area contributed by atoms with Crippen molar-refractivity contribution in [2.75, 3.05) is 26.4 Å². The third-order valence-electron chi connectivity index (χ3n) is 8.12. The molecule has 0 heterocycles. The second kappa shape index (κ2) is 42.3. The molecule has 0 aromatic carbocycles. The van der Waals surface area contributed by atoms with E-state index in [2.05, 4.69) is 117 Å². The maximum absolute atomic E-state index is 12.6. The highest BCUT2D eigenvalue weighted by Gasteiger charge is 2.25. The van der Waals surface area contributed by atoms with Crippen LogP contribution in [0.3, 0.4) is 0 Å². The van der Waals surface area contributed by atoms with Crippen molar-refractivity contribution >= 4 is 19.8 Å². The van der Waals surface area contributed by atoms with Crippen molar-refractivity contribution in [3.63, 3.8) is 0 Å². The van der Waals surface area contributed by atoms with Crippen LogP contribution in [0, 0.1) is 0 Å². The summed E-state index contributed by atoms with van der Waals surface area (Å²) in [6, 6.07) is 0. The molecule has 0 radical (unpaired) electrons. The Labute approximate surface area is 346 Å². The molecule has 0 aliphatic rings. The maximum Gasteiger partial charge on any atom is 0.472 e. The van der Waals surface area contributed by atoms with Gasteiger partial charge in [0.15, 0.2) is 6.10 Å². The molecule has 0 aliphatic heterocycles. The van der Waals surface area contributed by atoms with Crippen LogP contribution < -0.4 is 5.73 Å². The summed E-state index contributed by atoms with van der Waals surface area (Å²) in [7, 11) is -4.40. The van der Waals surface area contributed by atoms with E-state index in [-0.39, 0.29) is 32.6 Å². The Balaban J connectivity index is 4.32. The van der Waals surface area contributed by atoms with E-state index >= 15 is 0 Å². The molecule has 2 unspecified atom stereocenters. The molecule has 2 atom stereocenters. The number of hydrogen-bond donors (Lipinski definition) is 2. The van der Waals surface area contributed by atoms with Crippen molar-refractivity contribution in [2.24, 2.45) is 5.73 Å². The summed E-state index contributed by atoms with van der Waals surface area (Å²) in [6.07, 6.45) is 55.6. The van der Waals surface area contributed by atoms with Gasteiger partial charge in [0.05, 0.1) is 13.2 Å². The van der Waals surface area contributed by atoms with Crippen LogP contribution in [0.4, 0.5) is 0 Å². The molecule has 57 heavy (non-hydrogen) atoms. The predicted molar refractivity (Wildman–Crippen MR) is 238 cm³/mol. The van der Waals surface area contributed by atoms with E-state index in [4.69, 9.17) is 24.3 Å². The fourth-order valence-corrected chi connectivity index (χ4v) is 5.78. The first-order valence-electron chi connectivity index (χ1n) is 21.4. The SMILES string of the molecule is CC/C=C\C/C=C\C/C=C\C/C=C\C/C=C\C/C=C\C/C=C\CCCC(=O)OC(COC(=O)CCCCCCC/C=C\C/C=C\CCC)COP(=O)(O)OCCN. The van der Waals surface area contributed by atoms with Crippen LogP contribution in [0.15, 0.2) is 109 Å². The van der Waals surface area contributed by atoms with Crippen LogP contribution in [0.5, 0.6) is 0 Å². The van der Waals surface area contributed by atoms with Gasteiger partial charge in [0.2, 0.25) is 0 Å². The Morgan fingerprint density at radius 2 is 0.982 bits per heavy atom. The number of hydrogen-bond acceptors (Lipinski definition) is 8. The summed E-state index contributed by atoms with van der Waals surface area (Å²) in [5.41, 5.74) is 5.34. The van der Waals surface area contributed by atoms with Crippen LogP contribution in [-0.2, 0) is 32.7 Å². The zero-order chi connectivity index (χ0) is 41.8. The summed E-state index contributed by atoms with van der Waals surface area (Å²) in [4.78, 5) is 34.8. The third kappa shape index (κ3) is 42.1. The van der Waals surface area contributed by atoms with E-state index in [0.717, 1.165) is 89.9 Å². The number of allylic oxidation sites excluding steroid dienone is 18. The van der Waals surface area contributed by atoms with Crippen molar-refractivity contribution in [2.45, 2.75) is 148 Å². The largest absolute Gasteiger partial charge is 0.472 e. The molecular weight excluding hydrogens is 737 g/mol. The van der Waals surface area contributed by atoms with Crippen molar-refractivity contribution < 1.29 is 37.6 Å². The van der Waals surface area contributed by atoms with Crippen molar-refractivity contribution in [1.29, 1.82) is 0 Å². The number of rotatable bonds is 38.